The molecule has 3 amide bonds. The number of ether oxygens (including phenoxy) is 2. The van der Waals surface area contributed by atoms with Gasteiger partial charge in [-0.2, -0.15) is 0 Å². The Labute approximate surface area is 288 Å². The zero-order valence-corrected chi connectivity index (χ0v) is 27.0. The Kier molecular flexibility index (Phi) is 10.9. The van der Waals surface area contributed by atoms with Gasteiger partial charge in [-0.1, -0.05) is 23.4 Å². The smallest absolute Gasteiger partial charge is 0.377 e. The Balaban J connectivity index is 1.43. The summed E-state index contributed by atoms with van der Waals surface area (Å²) in [5.74, 6) is -7.43. The zero-order valence-electron chi connectivity index (χ0n) is 27.0. The number of carbonyl (C=O) groups excluding carboxylic acids is 3. The Morgan fingerprint density at radius 2 is 1.94 bits per heavy atom. The van der Waals surface area contributed by atoms with Gasteiger partial charge < -0.3 is 40.3 Å². The van der Waals surface area contributed by atoms with Gasteiger partial charge in [0.1, 0.15) is 29.8 Å². The molecule has 1 aromatic heterocycles. The van der Waals surface area contributed by atoms with E-state index >= 15 is 0 Å². The third-order valence-corrected chi connectivity index (χ3v) is 8.54. The van der Waals surface area contributed by atoms with Crippen molar-refractivity contribution < 1.29 is 63.0 Å². The van der Waals surface area contributed by atoms with Gasteiger partial charge in [0.05, 0.1) is 54.2 Å². The minimum Gasteiger partial charge on any atom is -0.476 e. The van der Waals surface area contributed by atoms with Crippen molar-refractivity contribution >= 4 is 29.4 Å². The van der Waals surface area contributed by atoms with Crippen molar-refractivity contribution in [1.82, 2.24) is 20.3 Å². The van der Waals surface area contributed by atoms with Gasteiger partial charge in [-0.3, -0.25) is 19.3 Å². The van der Waals surface area contributed by atoms with Crippen LogP contribution in [0.3, 0.4) is 0 Å². The normalized spacial score (nSPS) is 24.7. The molecule has 2 fully saturated rings. The first-order valence-corrected chi connectivity index (χ1v) is 15.6. The minimum atomic E-state index is -3.25. The van der Waals surface area contributed by atoms with Crippen LogP contribution in [0.15, 0.2) is 61.3 Å². The molecular weight excluding hydrogens is 680 g/mol. The second-order valence-electron chi connectivity index (χ2n) is 12.1. The summed E-state index contributed by atoms with van der Waals surface area (Å²) in [4.78, 5) is 50.9. The summed E-state index contributed by atoms with van der Waals surface area (Å²) in [7, 11) is 0. The largest absolute Gasteiger partial charge is 0.476 e. The summed E-state index contributed by atoms with van der Waals surface area (Å²) in [6, 6.07) is 8.14. The van der Waals surface area contributed by atoms with Crippen LogP contribution >= 0.6 is 0 Å². The highest BCUT2D eigenvalue weighted by atomic mass is 19.3. The molecule has 7 atom stereocenters. The number of anilines is 1. The molecule has 2 saturated heterocycles. The van der Waals surface area contributed by atoms with E-state index in [1.807, 2.05) is 0 Å². The lowest BCUT2D eigenvalue weighted by Gasteiger charge is -2.46. The first-order chi connectivity index (χ1) is 24.2. The van der Waals surface area contributed by atoms with Crippen molar-refractivity contribution in [3.05, 3.63) is 66.9 Å². The Hall–Kier alpha value is -5.14. The number of rotatable bonds is 13. The molecule has 16 nitrogen and oxygen atoms in total. The number of benzene rings is 2. The number of carboxylic acid groups (broad SMARTS) is 1. The summed E-state index contributed by atoms with van der Waals surface area (Å²) in [6.07, 6.45) is -8.43. The van der Waals surface area contributed by atoms with E-state index in [2.05, 4.69) is 22.2 Å². The molecule has 1 unspecified atom stereocenters. The number of aliphatic hydroxyl groups is 4. The average molecular weight is 716 g/mol. The lowest BCUT2D eigenvalue weighted by molar-refractivity contribution is -0.284. The molecule has 272 valence electrons. The van der Waals surface area contributed by atoms with Crippen molar-refractivity contribution in [3.8, 4) is 22.7 Å². The quantitative estimate of drug-likeness (QED) is 0.107. The number of aliphatic hydroxyl groups excluding tert-OH is 4. The van der Waals surface area contributed by atoms with E-state index in [0.29, 0.717) is 17.7 Å². The van der Waals surface area contributed by atoms with E-state index < -0.39 is 84.8 Å². The molecule has 3 aromatic rings. The number of halogens is 2. The lowest BCUT2D eigenvalue weighted by Crippen LogP contribution is -2.68. The lowest BCUT2D eigenvalue weighted by atomic mass is 9.88. The van der Waals surface area contributed by atoms with Crippen molar-refractivity contribution in [2.45, 2.75) is 68.9 Å². The number of nitrogens with zero attached hydrogens (tertiary/aromatic N) is 4. The van der Waals surface area contributed by atoms with Gasteiger partial charge in [0, 0.05) is 18.9 Å². The molecule has 2 aliphatic heterocycles. The predicted octanol–water partition coefficient (Wildman–Crippen LogP) is 0.856. The standard InChI is InChI=1S/C33H35F2N5O11/c1-3-5-18-11-26(45)40(31(18)47)20-7-4-6-17(10-20)22-14-39(38-37-22)19-8-9-25(21(12-19)30(34)35)50-33(32(48)49)13-23(43)27(36-16(2)42)29(51-33)28(46)24(44)15-41/h3-4,6-10,12,14,18,23-24,27-30,41,43-44,46H,1,5,11,13,15H2,2H3,(H,36,42)(H,48,49)/t18?,23-,24+,27+,28+,29+,33+/m0/s1. The second-order valence-corrected chi connectivity index (χ2v) is 12.1. The molecule has 5 rings (SSSR count). The number of alkyl halides is 2. The van der Waals surface area contributed by atoms with Crippen molar-refractivity contribution in [3.63, 3.8) is 0 Å². The van der Waals surface area contributed by atoms with Gasteiger partial charge >= 0.3 is 11.8 Å². The van der Waals surface area contributed by atoms with Crippen LogP contribution in [0.4, 0.5) is 14.5 Å². The van der Waals surface area contributed by atoms with Crippen molar-refractivity contribution in [1.29, 1.82) is 0 Å². The maximum Gasteiger partial charge on any atom is 0.377 e. The Morgan fingerprint density at radius 1 is 1.20 bits per heavy atom. The number of imide groups is 1. The molecule has 0 saturated carbocycles. The average Bonchev–Trinajstić information content (AvgIpc) is 3.69. The SMILES string of the molecule is C=CCC1CC(=O)N(c2cccc(-c3cn(-c4ccc(O[C@]5(C(=O)O)C[C@H](O)[C@@H](NC(C)=O)[C@H]([C@H](O)[C@H](O)CO)O5)c(C(F)F)c4)nn3)c2)C1=O. The van der Waals surface area contributed by atoms with Gasteiger partial charge in [0.15, 0.2) is 0 Å². The first kappa shape index (κ1) is 37.1. The molecule has 6 N–H and O–H groups in total. The molecule has 0 aliphatic carbocycles. The maximum atomic E-state index is 14.5. The van der Waals surface area contributed by atoms with E-state index in [-0.39, 0.29) is 29.6 Å². The van der Waals surface area contributed by atoms with Gasteiger partial charge in [-0.05, 0) is 36.8 Å². The number of hydrogen-bond donors (Lipinski definition) is 6. The summed E-state index contributed by atoms with van der Waals surface area (Å²) in [6.45, 7) is 3.69. The van der Waals surface area contributed by atoms with E-state index in [0.717, 1.165) is 28.6 Å². The fourth-order valence-corrected chi connectivity index (χ4v) is 6.03. The van der Waals surface area contributed by atoms with E-state index in [9.17, 15) is 53.5 Å². The number of nitrogens with one attached hydrogen (secondary N) is 1. The van der Waals surface area contributed by atoms with Gasteiger partial charge in [-0.15, -0.1) is 11.7 Å². The molecule has 0 spiro atoms. The highest BCUT2D eigenvalue weighted by molar-refractivity contribution is 6.21. The third kappa shape index (κ3) is 7.49. The molecular formula is C33H35F2N5O11. The topological polar surface area (TPSA) is 234 Å². The monoisotopic (exact) mass is 715 g/mol. The fourth-order valence-electron chi connectivity index (χ4n) is 6.03. The molecule has 2 aliphatic rings. The third-order valence-electron chi connectivity index (χ3n) is 8.54. The summed E-state index contributed by atoms with van der Waals surface area (Å²) in [5.41, 5.74) is 0.259. The van der Waals surface area contributed by atoms with Crippen LogP contribution in [0.5, 0.6) is 5.75 Å². The predicted molar refractivity (Wildman–Crippen MR) is 170 cm³/mol. The number of aromatic nitrogens is 3. The van der Waals surface area contributed by atoms with Gasteiger partial charge in [0.25, 0.3) is 6.43 Å². The van der Waals surface area contributed by atoms with Gasteiger partial charge in [-0.25, -0.2) is 18.3 Å². The number of aliphatic carboxylic acids is 1. The molecule has 18 heteroatoms. The number of carboxylic acids is 1. The zero-order chi connectivity index (χ0) is 37.2. The number of amides is 3. The van der Waals surface area contributed by atoms with Crippen LogP contribution in [-0.2, 0) is 23.9 Å². The summed E-state index contributed by atoms with van der Waals surface area (Å²) in [5, 5.41) is 61.4. The molecule has 0 radical (unpaired) electrons. The fraction of sp³-hybridized carbons (Fsp3) is 0.394. The second kappa shape index (κ2) is 15.0. The highest BCUT2D eigenvalue weighted by Crippen LogP contribution is 2.39. The van der Waals surface area contributed by atoms with Crippen molar-refractivity contribution in [2.24, 2.45) is 5.92 Å². The summed E-state index contributed by atoms with van der Waals surface area (Å²) >= 11 is 0. The van der Waals surface area contributed by atoms with E-state index in [1.54, 1.807) is 30.3 Å². The molecule has 51 heavy (non-hydrogen) atoms. The van der Waals surface area contributed by atoms with Crippen LogP contribution in [0.1, 0.15) is 38.2 Å². The first-order valence-electron chi connectivity index (χ1n) is 15.6. The minimum absolute atomic E-state index is 0.0452. The number of hydrogen-bond acceptors (Lipinski definition) is 12. The van der Waals surface area contributed by atoms with Crippen LogP contribution < -0.4 is 15.0 Å². The number of carbonyl (C=O) groups is 4. The van der Waals surface area contributed by atoms with E-state index in [1.165, 1.54) is 12.3 Å². The highest BCUT2D eigenvalue weighted by Gasteiger charge is 2.57. The Morgan fingerprint density at radius 3 is 2.59 bits per heavy atom. The molecule has 2 aromatic carbocycles. The molecule has 3 heterocycles. The maximum absolute atomic E-state index is 14.5. The van der Waals surface area contributed by atoms with Crippen molar-refractivity contribution in [2.75, 3.05) is 11.5 Å². The van der Waals surface area contributed by atoms with Crippen LogP contribution in [-0.4, -0.2) is 107 Å². The van der Waals surface area contributed by atoms with Crippen LogP contribution in [0.2, 0.25) is 0 Å². The summed E-state index contributed by atoms with van der Waals surface area (Å²) < 4.78 is 41.2. The van der Waals surface area contributed by atoms with Crippen LogP contribution in [0, 0.1) is 5.92 Å². The Bertz CT molecular complexity index is 1820. The van der Waals surface area contributed by atoms with E-state index in [4.69, 9.17) is 9.47 Å². The van der Waals surface area contributed by atoms with Crippen LogP contribution in [0.25, 0.3) is 16.9 Å². The molecule has 0 bridgehead atoms. The van der Waals surface area contributed by atoms with Gasteiger partial charge in [0.2, 0.25) is 17.7 Å². The number of allylic oxidation sites excluding steroid dienone is 1.